The van der Waals surface area contributed by atoms with E-state index in [9.17, 15) is 14.0 Å². The molecule has 2 aromatic carbocycles. The van der Waals surface area contributed by atoms with E-state index in [4.69, 9.17) is 4.74 Å². The molecular formula is C20H13BrFN3O3S. The molecule has 0 amide bonds. The van der Waals surface area contributed by atoms with Gasteiger partial charge in [0.05, 0.1) is 11.6 Å². The largest absolute Gasteiger partial charge is 0.496 e. The molecule has 0 atom stereocenters. The van der Waals surface area contributed by atoms with Gasteiger partial charge in [0.25, 0.3) is 11.1 Å². The van der Waals surface area contributed by atoms with Crippen LogP contribution in [-0.2, 0) is 6.42 Å². The summed E-state index contributed by atoms with van der Waals surface area (Å²) in [6.45, 7) is 0. The average Bonchev–Trinajstić information content (AvgIpc) is 2.99. The molecule has 6 nitrogen and oxygen atoms in total. The molecule has 2 heterocycles. The zero-order valence-electron chi connectivity index (χ0n) is 15.1. The molecule has 0 saturated carbocycles. The smallest absolute Gasteiger partial charge is 0.296 e. The van der Waals surface area contributed by atoms with E-state index in [1.165, 1.54) is 12.1 Å². The topological polar surface area (TPSA) is 73.6 Å². The predicted molar refractivity (Wildman–Crippen MR) is 112 cm³/mol. The van der Waals surface area contributed by atoms with Crippen molar-refractivity contribution in [2.24, 2.45) is 0 Å². The summed E-state index contributed by atoms with van der Waals surface area (Å²) in [4.78, 5) is 29.4. The number of thiazole rings is 1. The second kappa shape index (κ2) is 7.84. The van der Waals surface area contributed by atoms with E-state index in [0.29, 0.717) is 21.4 Å². The van der Waals surface area contributed by atoms with Crippen LogP contribution in [0, 0.1) is 5.82 Å². The summed E-state index contributed by atoms with van der Waals surface area (Å²) in [6, 6.07) is 11.2. The summed E-state index contributed by atoms with van der Waals surface area (Å²) in [5, 5.41) is 4.20. The number of nitrogens with zero attached hydrogens (tertiary/aromatic N) is 3. The Morgan fingerprint density at radius 1 is 1.21 bits per heavy atom. The number of rotatable bonds is 4. The van der Waals surface area contributed by atoms with Gasteiger partial charge in [-0.05, 0) is 42.0 Å². The minimum absolute atomic E-state index is 0.121. The number of aromatic nitrogens is 3. The standard InChI is InChI=1S/C20H13BrFN3O3S/c1-28-16-7-4-13(21)9-12(16)10-17-19(27)25-20(29-17)23-18(26)15(24-25)8-11-2-5-14(22)6-3-11/h2-7,9-10H,8H2,1H3/b17-10-. The Kier molecular flexibility index (Phi) is 5.25. The Morgan fingerprint density at radius 2 is 1.97 bits per heavy atom. The van der Waals surface area contributed by atoms with E-state index in [0.717, 1.165) is 20.3 Å². The van der Waals surface area contributed by atoms with E-state index in [1.807, 2.05) is 12.1 Å². The highest BCUT2D eigenvalue weighted by molar-refractivity contribution is 9.10. The van der Waals surface area contributed by atoms with Crippen molar-refractivity contribution in [2.75, 3.05) is 7.11 Å². The molecule has 4 rings (SSSR count). The van der Waals surface area contributed by atoms with Crippen LogP contribution in [-0.4, -0.2) is 21.7 Å². The number of fused-ring (bicyclic) bond motifs is 1. The third kappa shape index (κ3) is 3.96. The molecule has 0 fully saturated rings. The van der Waals surface area contributed by atoms with Gasteiger partial charge in [-0.25, -0.2) is 4.39 Å². The molecule has 0 bridgehead atoms. The molecule has 9 heteroatoms. The molecule has 29 heavy (non-hydrogen) atoms. The Balaban J connectivity index is 1.82. The van der Waals surface area contributed by atoms with Gasteiger partial charge in [0.2, 0.25) is 4.96 Å². The maximum atomic E-state index is 13.1. The number of hydrogen-bond acceptors (Lipinski definition) is 6. The molecular weight excluding hydrogens is 461 g/mol. The second-order valence-corrected chi connectivity index (χ2v) is 8.09. The van der Waals surface area contributed by atoms with Gasteiger partial charge in [-0.3, -0.25) is 9.59 Å². The van der Waals surface area contributed by atoms with Gasteiger partial charge in [-0.2, -0.15) is 14.6 Å². The zero-order valence-corrected chi connectivity index (χ0v) is 17.5. The maximum Gasteiger partial charge on any atom is 0.296 e. The SMILES string of the molecule is COc1ccc(Br)cc1/C=c1\sc2nc(=O)c(Cc3ccc(F)cc3)nn2c1=O. The third-order valence-corrected chi connectivity index (χ3v) is 5.67. The van der Waals surface area contributed by atoms with Crippen LogP contribution < -0.4 is 20.4 Å². The van der Waals surface area contributed by atoms with E-state index in [2.05, 4.69) is 26.0 Å². The third-order valence-electron chi connectivity index (χ3n) is 4.21. The van der Waals surface area contributed by atoms with Gasteiger partial charge < -0.3 is 4.74 Å². The number of methoxy groups -OCH3 is 1. The molecule has 0 aliphatic carbocycles. The molecule has 0 aliphatic rings. The molecule has 0 saturated heterocycles. The van der Waals surface area contributed by atoms with Crippen molar-refractivity contribution in [3.63, 3.8) is 0 Å². The van der Waals surface area contributed by atoms with Crippen molar-refractivity contribution >= 4 is 38.3 Å². The Morgan fingerprint density at radius 3 is 2.69 bits per heavy atom. The van der Waals surface area contributed by atoms with E-state index >= 15 is 0 Å². The van der Waals surface area contributed by atoms with Crippen molar-refractivity contribution in [2.45, 2.75) is 6.42 Å². The monoisotopic (exact) mass is 473 g/mol. The fourth-order valence-corrected chi connectivity index (χ4v) is 4.08. The van der Waals surface area contributed by atoms with Gasteiger partial charge in [0.15, 0.2) is 0 Å². The summed E-state index contributed by atoms with van der Waals surface area (Å²) < 4.78 is 20.8. The quantitative estimate of drug-likeness (QED) is 0.455. The fraction of sp³-hybridized carbons (Fsp3) is 0.100. The lowest BCUT2D eigenvalue weighted by Gasteiger charge is -2.04. The van der Waals surface area contributed by atoms with Crippen molar-refractivity contribution in [3.8, 4) is 5.75 Å². The molecule has 0 aliphatic heterocycles. The number of ether oxygens (including phenoxy) is 1. The number of benzene rings is 2. The minimum Gasteiger partial charge on any atom is -0.496 e. The van der Waals surface area contributed by atoms with Crippen molar-refractivity contribution in [3.05, 3.63) is 94.8 Å². The van der Waals surface area contributed by atoms with Crippen LogP contribution in [0.15, 0.2) is 56.5 Å². The van der Waals surface area contributed by atoms with Gasteiger partial charge in [-0.15, -0.1) is 0 Å². The van der Waals surface area contributed by atoms with Crippen LogP contribution in [0.25, 0.3) is 11.0 Å². The normalized spacial score (nSPS) is 11.9. The summed E-state index contributed by atoms with van der Waals surface area (Å²) in [6.07, 6.45) is 1.83. The summed E-state index contributed by atoms with van der Waals surface area (Å²) in [5.41, 5.74) is 0.642. The highest BCUT2D eigenvalue weighted by Gasteiger charge is 2.12. The summed E-state index contributed by atoms with van der Waals surface area (Å²) >= 11 is 4.48. The highest BCUT2D eigenvalue weighted by Crippen LogP contribution is 2.23. The minimum atomic E-state index is -0.512. The first kappa shape index (κ1) is 19.4. The molecule has 146 valence electrons. The molecule has 0 spiro atoms. The lowest BCUT2D eigenvalue weighted by atomic mass is 10.1. The molecule has 0 unspecified atom stereocenters. The number of halogens is 2. The van der Waals surface area contributed by atoms with Gasteiger partial charge in [0.1, 0.15) is 17.3 Å². The molecule has 0 N–H and O–H groups in total. The first-order chi connectivity index (χ1) is 13.9. The van der Waals surface area contributed by atoms with Crippen molar-refractivity contribution in [1.29, 1.82) is 0 Å². The van der Waals surface area contributed by atoms with Crippen molar-refractivity contribution in [1.82, 2.24) is 14.6 Å². The molecule has 0 radical (unpaired) electrons. The van der Waals surface area contributed by atoms with Gasteiger partial charge in [-0.1, -0.05) is 39.4 Å². The van der Waals surface area contributed by atoms with Gasteiger partial charge >= 0.3 is 0 Å². The second-order valence-electron chi connectivity index (χ2n) is 6.16. The average molecular weight is 474 g/mol. The summed E-state index contributed by atoms with van der Waals surface area (Å²) in [5.74, 6) is 0.243. The number of hydrogen-bond donors (Lipinski definition) is 0. The zero-order chi connectivity index (χ0) is 20.5. The molecule has 4 aromatic rings. The van der Waals surface area contributed by atoms with Crippen LogP contribution in [0.1, 0.15) is 16.8 Å². The van der Waals surface area contributed by atoms with Crippen LogP contribution in [0.2, 0.25) is 0 Å². The molecule has 2 aromatic heterocycles. The van der Waals surface area contributed by atoms with Crippen LogP contribution in [0.4, 0.5) is 4.39 Å². The Labute approximate surface area is 176 Å². The lowest BCUT2D eigenvalue weighted by Crippen LogP contribution is -2.28. The fourth-order valence-electron chi connectivity index (χ4n) is 2.81. The first-order valence-corrected chi connectivity index (χ1v) is 10.1. The predicted octanol–water partition coefficient (Wildman–Crippen LogP) is 2.56. The summed E-state index contributed by atoms with van der Waals surface area (Å²) in [7, 11) is 1.55. The van der Waals surface area contributed by atoms with Crippen LogP contribution in [0.5, 0.6) is 5.75 Å². The van der Waals surface area contributed by atoms with E-state index in [-0.39, 0.29) is 28.5 Å². The Hall–Kier alpha value is -2.91. The van der Waals surface area contributed by atoms with Gasteiger partial charge in [0, 0.05) is 16.5 Å². The lowest BCUT2D eigenvalue weighted by molar-refractivity contribution is 0.413. The Bertz CT molecular complexity index is 1380. The van der Waals surface area contributed by atoms with Crippen LogP contribution >= 0.6 is 27.3 Å². The maximum absolute atomic E-state index is 13.1. The van der Waals surface area contributed by atoms with E-state index in [1.54, 1.807) is 31.4 Å². The highest BCUT2D eigenvalue weighted by atomic mass is 79.9. The first-order valence-electron chi connectivity index (χ1n) is 8.47. The van der Waals surface area contributed by atoms with Crippen molar-refractivity contribution < 1.29 is 9.13 Å². The van der Waals surface area contributed by atoms with Crippen LogP contribution in [0.3, 0.4) is 0 Å². The van der Waals surface area contributed by atoms with E-state index < -0.39 is 5.56 Å².